The van der Waals surface area contributed by atoms with Gasteiger partial charge in [0.05, 0.1) is 17.6 Å². The molecule has 1 fully saturated rings. The molecule has 11 heteroatoms. The molecule has 0 aromatic carbocycles. The van der Waals surface area contributed by atoms with Crippen LogP contribution in [-0.2, 0) is 4.74 Å². The summed E-state index contributed by atoms with van der Waals surface area (Å²) in [4.78, 5) is 22.9. The van der Waals surface area contributed by atoms with Crippen LogP contribution in [0.25, 0.3) is 17.0 Å². The van der Waals surface area contributed by atoms with Crippen molar-refractivity contribution in [3.8, 4) is 17.1 Å². The van der Waals surface area contributed by atoms with Crippen LogP contribution in [-0.4, -0.2) is 62.9 Å². The van der Waals surface area contributed by atoms with E-state index in [2.05, 4.69) is 15.3 Å². The van der Waals surface area contributed by atoms with Crippen LogP contribution in [0.3, 0.4) is 0 Å². The van der Waals surface area contributed by atoms with Crippen LogP contribution in [0, 0.1) is 0 Å². The fourth-order valence-electron chi connectivity index (χ4n) is 3.64. The molecule has 1 N–H and O–H groups in total. The lowest BCUT2D eigenvalue weighted by Gasteiger charge is -2.24. The van der Waals surface area contributed by atoms with Gasteiger partial charge in [0.15, 0.2) is 6.61 Å². The first-order chi connectivity index (χ1) is 16.0. The monoisotopic (exact) mass is 477 g/mol. The Morgan fingerprint density at radius 2 is 2.03 bits per heavy atom. The number of likely N-dealkylation sites (tertiary alicyclic amines) is 1. The number of halogens is 3. The molecule has 1 amide bonds. The molecular formula is C23H26F3N5O3. The highest BCUT2D eigenvalue weighted by molar-refractivity contribution is 5.69. The summed E-state index contributed by atoms with van der Waals surface area (Å²) < 4.78 is 49.2. The molecule has 3 aromatic heterocycles. The highest BCUT2D eigenvalue weighted by Gasteiger charge is 2.30. The molecule has 8 nitrogen and oxygen atoms in total. The summed E-state index contributed by atoms with van der Waals surface area (Å²) in [5.41, 5.74) is 1.22. The number of pyridine rings is 2. The van der Waals surface area contributed by atoms with E-state index in [9.17, 15) is 18.0 Å². The second-order valence-electron chi connectivity index (χ2n) is 9.10. The summed E-state index contributed by atoms with van der Waals surface area (Å²) in [5, 5.41) is 3.36. The highest BCUT2D eigenvalue weighted by Crippen LogP contribution is 2.25. The standard InChI is InChI=1S/C23H26F3N5O3/c1-22(2,3)34-21(32)30-9-7-15(13-30)28-19-6-4-5-17(29-19)18-12-27-20-11-16(8-10-31(18)20)33-14-23(24,25)26/h4-6,8,10-12,15H,7,9,13-14H2,1-3H3,(H,28,29). The van der Waals surface area contributed by atoms with Gasteiger partial charge in [-0.1, -0.05) is 6.07 Å². The number of nitrogens with zero attached hydrogens (tertiary/aromatic N) is 4. The minimum Gasteiger partial charge on any atom is -0.484 e. The van der Waals surface area contributed by atoms with Gasteiger partial charge in [-0.2, -0.15) is 13.2 Å². The summed E-state index contributed by atoms with van der Waals surface area (Å²) >= 11 is 0. The first kappa shape index (κ1) is 23.7. The number of rotatable bonds is 5. The van der Waals surface area contributed by atoms with Crippen LogP contribution >= 0.6 is 0 Å². The molecule has 0 bridgehead atoms. The zero-order chi connectivity index (χ0) is 24.5. The lowest BCUT2D eigenvalue weighted by molar-refractivity contribution is -0.153. The molecule has 1 aliphatic rings. The van der Waals surface area contributed by atoms with Crippen molar-refractivity contribution in [2.45, 2.75) is 45.0 Å². The van der Waals surface area contributed by atoms with Crippen LogP contribution in [0.2, 0.25) is 0 Å². The molecule has 1 atom stereocenters. The van der Waals surface area contributed by atoms with E-state index in [1.54, 1.807) is 21.7 Å². The average Bonchev–Trinajstić information content (AvgIpc) is 3.37. The number of amides is 1. The van der Waals surface area contributed by atoms with Gasteiger partial charge in [-0.15, -0.1) is 0 Å². The third-order valence-electron chi connectivity index (χ3n) is 5.09. The van der Waals surface area contributed by atoms with Crippen LogP contribution in [0.15, 0.2) is 42.7 Å². The van der Waals surface area contributed by atoms with Gasteiger partial charge in [-0.3, -0.25) is 4.40 Å². The molecule has 1 saturated heterocycles. The molecule has 0 saturated carbocycles. The van der Waals surface area contributed by atoms with Crippen molar-refractivity contribution in [2.24, 2.45) is 0 Å². The number of ether oxygens (including phenoxy) is 2. The zero-order valence-electron chi connectivity index (χ0n) is 19.1. The van der Waals surface area contributed by atoms with Gasteiger partial charge in [-0.05, 0) is 45.4 Å². The SMILES string of the molecule is CC(C)(C)OC(=O)N1CCC(Nc2cccc(-c3cnc4cc(OCC(F)(F)F)ccn34)n2)C1. The van der Waals surface area contributed by atoms with Gasteiger partial charge in [-0.25, -0.2) is 14.8 Å². The molecule has 0 radical (unpaired) electrons. The molecule has 1 aliphatic heterocycles. The summed E-state index contributed by atoms with van der Waals surface area (Å²) in [7, 11) is 0. The normalized spacial score (nSPS) is 16.6. The second kappa shape index (κ2) is 9.03. The zero-order valence-corrected chi connectivity index (χ0v) is 19.1. The fraction of sp³-hybridized carbons (Fsp3) is 0.435. The molecule has 3 aromatic rings. The number of carbonyl (C=O) groups excluding carboxylic acids is 1. The number of alkyl halides is 3. The van der Waals surface area contributed by atoms with Crippen LogP contribution < -0.4 is 10.1 Å². The van der Waals surface area contributed by atoms with Gasteiger partial charge >= 0.3 is 12.3 Å². The topological polar surface area (TPSA) is 81.0 Å². The minimum absolute atomic E-state index is 0.0331. The smallest absolute Gasteiger partial charge is 0.422 e. The van der Waals surface area contributed by atoms with E-state index in [1.807, 2.05) is 39.0 Å². The first-order valence-corrected chi connectivity index (χ1v) is 10.9. The van der Waals surface area contributed by atoms with E-state index in [1.165, 1.54) is 12.1 Å². The Balaban J connectivity index is 1.44. The largest absolute Gasteiger partial charge is 0.484 e. The predicted octanol–water partition coefficient (Wildman–Crippen LogP) is 4.76. The van der Waals surface area contributed by atoms with E-state index in [-0.39, 0.29) is 17.9 Å². The molecule has 0 aliphatic carbocycles. The maximum absolute atomic E-state index is 12.4. The first-order valence-electron chi connectivity index (χ1n) is 10.9. The number of anilines is 1. The van der Waals surface area contributed by atoms with Crippen LogP contribution in [0.1, 0.15) is 27.2 Å². The van der Waals surface area contributed by atoms with Crippen molar-refractivity contribution < 1.29 is 27.4 Å². The Hall–Kier alpha value is -3.50. The summed E-state index contributed by atoms with van der Waals surface area (Å²) in [6, 6.07) is 8.45. The predicted molar refractivity (Wildman–Crippen MR) is 120 cm³/mol. The number of hydrogen-bond acceptors (Lipinski definition) is 6. The lowest BCUT2D eigenvalue weighted by Crippen LogP contribution is -2.36. The fourth-order valence-corrected chi connectivity index (χ4v) is 3.64. The summed E-state index contributed by atoms with van der Waals surface area (Å²) in [6.07, 6.45) is -0.771. The number of nitrogens with one attached hydrogen (secondary N) is 1. The molecule has 4 rings (SSSR count). The van der Waals surface area contributed by atoms with Gasteiger partial charge in [0, 0.05) is 31.4 Å². The van der Waals surface area contributed by atoms with Crippen molar-refractivity contribution in [1.82, 2.24) is 19.3 Å². The number of fused-ring (bicyclic) bond motifs is 1. The second-order valence-corrected chi connectivity index (χ2v) is 9.10. The van der Waals surface area contributed by atoms with E-state index in [4.69, 9.17) is 9.47 Å². The maximum atomic E-state index is 12.4. The third-order valence-corrected chi connectivity index (χ3v) is 5.09. The summed E-state index contributed by atoms with van der Waals surface area (Å²) in [5.74, 6) is 0.731. The third kappa shape index (κ3) is 5.89. The van der Waals surface area contributed by atoms with Crippen LogP contribution in [0.5, 0.6) is 5.75 Å². The number of hydrogen-bond donors (Lipinski definition) is 1. The van der Waals surface area contributed by atoms with Crippen LogP contribution in [0.4, 0.5) is 23.8 Å². The van der Waals surface area contributed by atoms with E-state index in [0.29, 0.717) is 35.9 Å². The molecule has 182 valence electrons. The van der Waals surface area contributed by atoms with Crippen molar-refractivity contribution in [3.05, 3.63) is 42.7 Å². The van der Waals surface area contributed by atoms with Gasteiger partial charge in [0.2, 0.25) is 0 Å². The Bertz CT molecular complexity index is 1170. The number of carbonyl (C=O) groups is 1. The van der Waals surface area contributed by atoms with Gasteiger partial charge in [0.25, 0.3) is 0 Å². The average molecular weight is 477 g/mol. The maximum Gasteiger partial charge on any atom is 0.422 e. The van der Waals surface area contributed by atoms with Crippen molar-refractivity contribution >= 4 is 17.6 Å². The van der Waals surface area contributed by atoms with Gasteiger partial charge in [0.1, 0.15) is 22.8 Å². The molecule has 1 unspecified atom stereocenters. The van der Waals surface area contributed by atoms with E-state index >= 15 is 0 Å². The van der Waals surface area contributed by atoms with Crippen molar-refractivity contribution in [3.63, 3.8) is 0 Å². The van der Waals surface area contributed by atoms with Gasteiger partial charge < -0.3 is 19.7 Å². The van der Waals surface area contributed by atoms with E-state index in [0.717, 1.165) is 6.42 Å². The van der Waals surface area contributed by atoms with Crippen molar-refractivity contribution in [1.29, 1.82) is 0 Å². The number of imidazole rings is 1. The molecule has 4 heterocycles. The Kier molecular flexibility index (Phi) is 6.28. The lowest BCUT2D eigenvalue weighted by atomic mass is 10.2. The van der Waals surface area contributed by atoms with Crippen molar-refractivity contribution in [2.75, 3.05) is 25.0 Å². The Labute approximate surface area is 194 Å². The summed E-state index contributed by atoms with van der Waals surface area (Å²) in [6.45, 7) is 5.25. The van der Waals surface area contributed by atoms with E-state index < -0.39 is 18.4 Å². The number of aromatic nitrogens is 3. The minimum atomic E-state index is -4.41. The quantitative estimate of drug-likeness (QED) is 0.571. The molecule has 34 heavy (non-hydrogen) atoms. The molecular weight excluding hydrogens is 451 g/mol. The Morgan fingerprint density at radius 1 is 1.24 bits per heavy atom. The Morgan fingerprint density at radius 3 is 2.76 bits per heavy atom. The highest BCUT2D eigenvalue weighted by atomic mass is 19.4. The molecule has 0 spiro atoms.